The molecule has 0 atom stereocenters. The molecule has 0 bridgehead atoms. The number of ether oxygens (including phenoxy) is 1. The summed E-state index contributed by atoms with van der Waals surface area (Å²) in [5.41, 5.74) is 0.683. The molecule has 0 aliphatic heterocycles. The zero-order valence-corrected chi connectivity index (χ0v) is 13.2. The van der Waals surface area contributed by atoms with Crippen molar-refractivity contribution in [3.05, 3.63) is 24.3 Å². The lowest BCUT2D eigenvalue weighted by atomic mass is 10.1. The first-order valence-electron chi connectivity index (χ1n) is 7.13. The zero-order valence-electron chi connectivity index (χ0n) is 13.2. The molecule has 21 heavy (non-hydrogen) atoms. The summed E-state index contributed by atoms with van der Waals surface area (Å²) in [5.74, 6) is 0.931. The van der Waals surface area contributed by atoms with Gasteiger partial charge < -0.3 is 15.0 Å². The summed E-state index contributed by atoms with van der Waals surface area (Å²) < 4.78 is 5.08. The van der Waals surface area contributed by atoms with E-state index in [-0.39, 0.29) is 18.4 Å². The Balaban J connectivity index is 2.64. The van der Waals surface area contributed by atoms with Crippen LogP contribution >= 0.6 is 0 Å². The Hall–Kier alpha value is -2.04. The number of hydrogen-bond acceptors (Lipinski definition) is 3. The lowest BCUT2D eigenvalue weighted by molar-refractivity contribution is -0.123. The molecule has 0 heterocycles. The average molecular weight is 292 g/mol. The van der Waals surface area contributed by atoms with Gasteiger partial charge in [0.2, 0.25) is 11.8 Å². The second-order valence-corrected chi connectivity index (χ2v) is 5.34. The molecule has 0 aliphatic rings. The fourth-order valence-corrected chi connectivity index (χ4v) is 1.85. The van der Waals surface area contributed by atoms with Crippen LogP contribution in [0.3, 0.4) is 0 Å². The van der Waals surface area contributed by atoms with Gasteiger partial charge in [0.05, 0.1) is 7.11 Å². The van der Waals surface area contributed by atoms with E-state index in [1.165, 1.54) is 11.8 Å². The smallest absolute Gasteiger partial charge is 0.240 e. The number of hydrogen-bond donors (Lipinski definition) is 1. The SMILES string of the molecule is COc1ccc(N(CC(=O)NCCC(C)C)C(C)=O)cc1. The van der Waals surface area contributed by atoms with E-state index in [9.17, 15) is 9.59 Å². The van der Waals surface area contributed by atoms with Crippen molar-refractivity contribution in [3.63, 3.8) is 0 Å². The summed E-state index contributed by atoms with van der Waals surface area (Å²) in [6, 6.07) is 7.06. The fourth-order valence-electron chi connectivity index (χ4n) is 1.85. The second kappa shape index (κ2) is 8.29. The van der Waals surface area contributed by atoms with E-state index in [1.54, 1.807) is 31.4 Å². The molecule has 116 valence electrons. The third-order valence-corrected chi connectivity index (χ3v) is 3.11. The van der Waals surface area contributed by atoms with Crippen molar-refractivity contribution in [2.45, 2.75) is 27.2 Å². The number of nitrogens with zero attached hydrogens (tertiary/aromatic N) is 1. The largest absolute Gasteiger partial charge is 0.497 e. The maximum Gasteiger partial charge on any atom is 0.240 e. The summed E-state index contributed by atoms with van der Waals surface area (Å²) in [4.78, 5) is 25.1. The van der Waals surface area contributed by atoms with Crippen molar-refractivity contribution < 1.29 is 14.3 Å². The second-order valence-electron chi connectivity index (χ2n) is 5.34. The van der Waals surface area contributed by atoms with Crippen molar-refractivity contribution in [1.82, 2.24) is 5.32 Å². The van der Waals surface area contributed by atoms with Crippen LogP contribution in [0.1, 0.15) is 27.2 Å². The highest BCUT2D eigenvalue weighted by atomic mass is 16.5. The van der Waals surface area contributed by atoms with Crippen LogP contribution in [0.25, 0.3) is 0 Å². The zero-order chi connectivity index (χ0) is 15.8. The Labute approximate surface area is 126 Å². The van der Waals surface area contributed by atoms with Crippen LogP contribution in [0.5, 0.6) is 5.75 Å². The normalized spacial score (nSPS) is 10.3. The summed E-state index contributed by atoms with van der Waals surface area (Å²) in [5, 5.41) is 2.83. The minimum absolute atomic E-state index is 0.0275. The van der Waals surface area contributed by atoms with E-state index in [1.807, 2.05) is 0 Å². The average Bonchev–Trinajstić information content (AvgIpc) is 2.44. The molecule has 0 fully saturated rings. The first-order chi connectivity index (χ1) is 9.93. The van der Waals surface area contributed by atoms with Crippen LogP contribution in [-0.4, -0.2) is 32.0 Å². The van der Waals surface area contributed by atoms with Crippen molar-refractivity contribution in [2.75, 3.05) is 25.1 Å². The Morgan fingerprint density at radius 1 is 1.24 bits per heavy atom. The Morgan fingerprint density at radius 2 is 1.86 bits per heavy atom. The van der Waals surface area contributed by atoms with Crippen molar-refractivity contribution in [2.24, 2.45) is 5.92 Å². The van der Waals surface area contributed by atoms with Crippen LogP contribution in [0, 0.1) is 5.92 Å². The number of benzene rings is 1. The van der Waals surface area contributed by atoms with E-state index in [0.29, 0.717) is 23.9 Å². The van der Waals surface area contributed by atoms with Crippen LogP contribution in [0.15, 0.2) is 24.3 Å². The number of carbonyl (C=O) groups is 2. The van der Waals surface area contributed by atoms with E-state index >= 15 is 0 Å². The van der Waals surface area contributed by atoms with Gasteiger partial charge in [-0.15, -0.1) is 0 Å². The molecule has 0 unspecified atom stereocenters. The number of methoxy groups -OCH3 is 1. The summed E-state index contributed by atoms with van der Waals surface area (Å²) in [6.45, 7) is 6.31. The Kier molecular flexibility index (Phi) is 6.72. The van der Waals surface area contributed by atoms with Crippen LogP contribution < -0.4 is 15.0 Å². The molecule has 5 heteroatoms. The van der Waals surface area contributed by atoms with Gasteiger partial charge in [-0.2, -0.15) is 0 Å². The molecule has 0 saturated heterocycles. The van der Waals surface area contributed by atoms with Crippen LogP contribution in [0.4, 0.5) is 5.69 Å². The molecule has 1 aromatic carbocycles. The molecule has 0 aliphatic carbocycles. The predicted octanol–water partition coefficient (Wildman–Crippen LogP) is 2.21. The molecule has 5 nitrogen and oxygen atoms in total. The van der Waals surface area contributed by atoms with Gasteiger partial charge in [-0.1, -0.05) is 13.8 Å². The molecule has 0 radical (unpaired) electrons. The number of rotatable bonds is 7. The van der Waals surface area contributed by atoms with Gasteiger partial charge in [0.1, 0.15) is 12.3 Å². The predicted molar refractivity (Wildman–Crippen MR) is 83.5 cm³/mol. The number of anilines is 1. The third-order valence-electron chi connectivity index (χ3n) is 3.11. The minimum Gasteiger partial charge on any atom is -0.497 e. The summed E-state index contributed by atoms with van der Waals surface area (Å²) in [6.07, 6.45) is 0.925. The standard InChI is InChI=1S/C16H24N2O3/c1-12(2)9-10-17-16(20)11-18(13(3)19)14-5-7-15(21-4)8-6-14/h5-8,12H,9-11H2,1-4H3,(H,17,20). The lowest BCUT2D eigenvalue weighted by Gasteiger charge is -2.21. The number of amides is 2. The quantitative estimate of drug-likeness (QED) is 0.838. The first kappa shape index (κ1) is 17.0. The van der Waals surface area contributed by atoms with Gasteiger partial charge in [-0.05, 0) is 36.6 Å². The van der Waals surface area contributed by atoms with Crippen LogP contribution in [0.2, 0.25) is 0 Å². The molecule has 0 aromatic heterocycles. The van der Waals surface area contributed by atoms with E-state index in [0.717, 1.165) is 6.42 Å². The molecule has 1 aromatic rings. The topological polar surface area (TPSA) is 58.6 Å². The highest BCUT2D eigenvalue weighted by molar-refractivity contribution is 5.97. The Morgan fingerprint density at radius 3 is 2.33 bits per heavy atom. The fraction of sp³-hybridized carbons (Fsp3) is 0.500. The first-order valence-corrected chi connectivity index (χ1v) is 7.13. The van der Waals surface area contributed by atoms with E-state index in [2.05, 4.69) is 19.2 Å². The molecule has 0 spiro atoms. The van der Waals surface area contributed by atoms with Gasteiger partial charge in [-0.25, -0.2) is 0 Å². The number of nitrogens with one attached hydrogen (secondary N) is 1. The van der Waals surface area contributed by atoms with Gasteiger partial charge in [0.15, 0.2) is 0 Å². The van der Waals surface area contributed by atoms with Gasteiger partial charge in [0, 0.05) is 19.2 Å². The summed E-state index contributed by atoms with van der Waals surface area (Å²) >= 11 is 0. The number of carbonyl (C=O) groups excluding carboxylic acids is 2. The third kappa shape index (κ3) is 5.85. The molecule has 0 saturated carbocycles. The van der Waals surface area contributed by atoms with Crippen LogP contribution in [-0.2, 0) is 9.59 Å². The highest BCUT2D eigenvalue weighted by Gasteiger charge is 2.15. The van der Waals surface area contributed by atoms with E-state index < -0.39 is 0 Å². The molecular formula is C16H24N2O3. The van der Waals surface area contributed by atoms with E-state index in [4.69, 9.17) is 4.74 Å². The molecular weight excluding hydrogens is 268 g/mol. The summed E-state index contributed by atoms with van der Waals surface area (Å²) in [7, 11) is 1.58. The van der Waals surface area contributed by atoms with Gasteiger partial charge in [-0.3, -0.25) is 9.59 Å². The van der Waals surface area contributed by atoms with Gasteiger partial charge >= 0.3 is 0 Å². The maximum absolute atomic E-state index is 11.9. The lowest BCUT2D eigenvalue weighted by Crippen LogP contribution is -2.40. The maximum atomic E-state index is 11.9. The minimum atomic E-state index is -0.167. The molecule has 1 N–H and O–H groups in total. The van der Waals surface area contributed by atoms with Crippen molar-refractivity contribution >= 4 is 17.5 Å². The molecule has 1 rings (SSSR count). The molecule has 2 amide bonds. The van der Waals surface area contributed by atoms with Crippen molar-refractivity contribution in [3.8, 4) is 5.75 Å². The monoisotopic (exact) mass is 292 g/mol. The van der Waals surface area contributed by atoms with Crippen molar-refractivity contribution in [1.29, 1.82) is 0 Å². The Bertz CT molecular complexity index is 469. The van der Waals surface area contributed by atoms with Gasteiger partial charge in [0.25, 0.3) is 0 Å². The highest BCUT2D eigenvalue weighted by Crippen LogP contribution is 2.19.